The maximum atomic E-state index is 9.50. The number of hydrogen-bond acceptors (Lipinski definition) is 3. The van der Waals surface area contributed by atoms with Crippen molar-refractivity contribution in [1.82, 2.24) is 4.98 Å². The molecular formula is C13H12N2O. The van der Waals surface area contributed by atoms with Crippen LogP contribution in [0.15, 0.2) is 53.7 Å². The lowest BCUT2D eigenvalue weighted by molar-refractivity contribution is 0.474. The number of rotatable bonds is 3. The number of aromatic nitrogens is 1. The maximum Gasteiger partial charge on any atom is 0.124 e. The first-order valence-corrected chi connectivity index (χ1v) is 5.04. The first kappa shape index (κ1) is 10.4. The third-order valence-corrected chi connectivity index (χ3v) is 2.15. The molecule has 0 spiro atoms. The van der Waals surface area contributed by atoms with Crippen molar-refractivity contribution < 1.29 is 5.11 Å². The molecule has 1 aromatic carbocycles. The Morgan fingerprint density at radius 1 is 1.12 bits per heavy atom. The third kappa shape index (κ3) is 2.67. The number of aromatic hydroxyl groups is 1. The predicted molar refractivity (Wildman–Crippen MR) is 63.6 cm³/mol. The van der Waals surface area contributed by atoms with Crippen molar-refractivity contribution in [1.29, 1.82) is 0 Å². The summed E-state index contributed by atoms with van der Waals surface area (Å²) in [7, 11) is 0. The van der Waals surface area contributed by atoms with Gasteiger partial charge in [0.05, 0.1) is 12.2 Å². The molecule has 2 rings (SSSR count). The van der Waals surface area contributed by atoms with Gasteiger partial charge in [-0.15, -0.1) is 0 Å². The molecule has 0 unspecified atom stereocenters. The highest BCUT2D eigenvalue weighted by Gasteiger charge is 1.94. The average molecular weight is 212 g/mol. The van der Waals surface area contributed by atoms with Gasteiger partial charge < -0.3 is 5.11 Å². The minimum Gasteiger partial charge on any atom is -0.507 e. The molecule has 0 fully saturated rings. The van der Waals surface area contributed by atoms with E-state index in [9.17, 15) is 5.11 Å². The number of hydrogen-bond donors (Lipinski definition) is 1. The van der Waals surface area contributed by atoms with E-state index in [1.807, 2.05) is 30.3 Å². The summed E-state index contributed by atoms with van der Waals surface area (Å²) < 4.78 is 0. The fraction of sp³-hybridized carbons (Fsp3) is 0.0769. The lowest BCUT2D eigenvalue weighted by atomic mass is 10.2. The lowest BCUT2D eigenvalue weighted by Crippen LogP contribution is -1.87. The second-order valence-corrected chi connectivity index (χ2v) is 3.35. The van der Waals surface area contributed by atoms with Crippen LogP contribution >= 0.6 is 0 Å². The zero-order valence-corrected chi connectivity index (χ0v) is 8.74. The maximum absolute atomic E-state index is 9.50. The number of phenols is 1. The lowest BCUT2D eigenvalue weighted by Gasteiger charge is -1.97. The van der Waals surface area contributed by atoms with E-state index in [0.717, 1.165) is 11.3 Å². The van der Waals surface area contributed by atoms with Crippen LogP contribution in [0.4, 0.5) is 0 Å². The molecule has 0 aliphatic carbocycles. The second kappa shape index (κ2) is 5.07. The number of aliphatic imine (C=N–C) groups is 1. The molecule has 16 heavy (non-hydrogen) atoms. The van der Waals surface area contributed by atoms with E-state index in [-0.39, 0.29) is 5.75 Å². The summed E-state index contributed by atoms with van der Waals surface area (Å²) in [4.78, 5) is 8.38. The van der Waals surface area contributed by atoms with Crippen molar-refractivity contribution >= 4 is 6.21 Å². The molecule has 80 valence electrons. The number of benzene rings is 1. The van der Waals surface area contributed by atoms with Gasteiger partial charge in [-0.25, -0.2) is 0 Å². The van der Waals surface area contributed by atoms with Gasteiger partial charge in [-0.1, -0.05) is 18.2 Å². The fourth-order valence-electron chi connectivity index (χ4n) is 1.33. The van der Waals surface area contributed by atoms with Gasteiger partial charge in [0, 0.05) is 18.0 Å². The quantitative estimate of drug-likeness (QED) is 0.794. The van der Waals surface area contributed by atoms with E-state index in [1.54, 1.807) is 24.5 Å². The average Bonchev–Trinajstić information content (AvgIpc) is 2.33. The molecule has 1 heterocycles. The number of para-hydroxylation sites is 1. The zero-order valence-electron chi connectivity index (χ0n) is 8.74. The van der Waals surface area contributed by atoms with Gasteiger partial charge in [-0.05, 0) is 24.3 Å². The van der Waals surface area contributed by atoms with Gasteiger partial charge in [-0.3, -0.25) is 9.98 Å². The van der Waals surface area contributed by atoms with Crippen LogP contribution in [0.25, 0.3) is 0 Å². The van der Waals surface area contributed by atoms with Crippen LogP contribution in [-0.4, -0.2) is 16.3 Å². The highest BCUT2D eigenvalue weighted by molar-refractivity contribution is 5.83. The van der Waals surface area contributed by atoms with Gasteiger partial charge in [0.2, 0.25) is 0 Å². The number of pyridine rings is 1. The smallest absolute Gasteiger partial charge is 0.124 e. The molecule has 2 aromatic rings. The topological polar surface area (TPSA) is 45.5 Å². The molecule has 3 heteroatoms. The highest BCUT2D eigenvalue weighted by Crippen LogP contribution is 2.12. The van der Waals surface area contributed by atoms with Crippen LogP contribution in [0.5, 0.6) is 5.75 Å². The molecule has 0 bridgehead atoms. The largest absolute Gasteiger partial charge is 0.507 e. The fourth-order valence-corrected chi connectivity index (χ4v) is 1.33. The Morgan fingerprint density at radius 2 is 1.94 bits per heavy atom. The van der Waals surface area contributed by atoms with Crippen molar-refractivity contribution in [2.75, 3.05) is 0 Å². The van der Waals surface area contributed by atoms with E-state index in [4.69, 9.17) is 0 Å². The Morgan fingerprint density at radius 3 is 2.69 bits per heavy atom. The monoisotopic (exact) mass is 212 g/mol. The SMILES string of the molecule is Oc1ccccc1/C=N/Cc1ccccn1. The van der Waals surface area contributed by atoms with Crippen molar-refractivity contribution in [3.63, 3.8) is 0 Å². The molecule has 0 atom stereocenters. The van der Waals surface area contributed by atoms with Gasteiger partial charge in [0.15, 0.2) is 0 Å². The van der Waals surface area contributed by atoms with Crippen LogP contribution in [0, 0.1) is 0 Å². The van der Waals surface area contributed by atoms with Crippen molar-refractivity contribution in [3.05, 3.63) is 59.9 Å². The first-order chi connectivity index (χ1) is 7.86. The minimum absolute atomic E-state index is 0.243. The van der Waals surface area contributed by atoms with E-state index in [0.29, 0.717) is 6.54 Å². The van der Waals surface area contributed by atoms with E-state index in [2.05, 4.69) is 9.98 Å². The summed E-state index contributed by atoms with van der Waals surface area (Å²) in [5.41, 5.74) is 1.63. The van der Waals surface area contributed by atoms with Crippen LogP contribution in [-0.2, 0) is 6.54 Å². The van der Waals surface area contributed by atoms with Crippen molar-refractivity contribution in [2.45, 2.75) is 6.54 Å². The number of nitrogens with zero attached hydrogens (tertiary/aromatic N) is 2. The summed E-state index contributed by atoms with van der Waals surface area (Å²) in [6.45, 7) is 0.523. The molecule has 0 aliphatic heterocycles. The van der Waals surface area contributed by atoms with Crippen molar-refractivity contribution in [3.8, 4) is 5.75 Å². The van der Waals surface area contributed by atoms with Crippen LogP contribution in [0.1, 0.15) is 11.3 Å². The van der Waals surface area contributed by atoms with E-state index >= 15 is 0 Å². The molecule has 0 radical (unpaired) electrons. The summed E-state index contributed by atoms with van der Waals surface area (Å²) in [6, 6.07) is 12.8. The first-order valence-electron chi connectivity index (χ1n) is 5.04. The Balaban J connectivity index is 2.03. The van der Waals surface area contributed by atoms with Crippen molar-refractivity contribution in [2.24, 2.45) is 4.99 Å². The Bertz CT molecular complexity index is 480. The minimum atomic E-state index is 0.243. The molecule has 0 amide bonds. The Kier molecular flexibility index (Phi) is 3.28. The Labute approximate surface area is 94.1 Å². The molecule has 0 saturated carbocycles. The van der Waals surface area contributed by atoms with Gasteiger partial charge in [0.1, 0.15) is 5.75 Å². The third-order valence-electron chi connectivity index (χ3n) is 2.15. The summed E-state index contributed by atoms with van der Waals surface area (Å²) in [6.07, 6.45) is 3.40. The molecule has 3 nitrogen and oxygen atoms in total. The van der Waals surface area contributed by atoms with Crippen LogP contribution < -0.4 is 0 Å². The predicted octanol–water partition coefficient (Wildman–Crippen LogP) is 2.41. The Hall–Kier alpha value is -2.16. The molecule has 1 aromatic heterocycles. The second-order valence-electron chi connectivity index (χ2n) is 3.35. The van der Waals surface area contributed by atoms with Gasteiger partial charge in [0.25, 0.3) is 0 Å². The van der Waals surface area contributed by atoms with Gasteiger partial charge in [-0.2, -0.15) is 0 Å². The summed E-state index contributed by atoms with van der Waals surface area (Å²) >= 11 is 0. The molecule has 1 N–H and O–H groups in total. The van der Waals surface area contributed by atoms with Gasteiger partial charge >= 0.3 is 0 Å². The van der Waals surface area contributed by atoms with Crippen LogP contribution in [0.3, 0.4) is 0 Å². The molecular weight excluding hydrogens is 200 g/mol. The molecule has 0 aliphatic rings. The molecule has 0 saturated heterocycles. The van der Waals surface area contributed by atoms with E-state index < -0.39 is 0 Å². The standard InChI is InChI=1S/C13H12N2O/c16-13-7-2-1-5-11(13)9-14-10-12-6-3-4-8-15-12/h1-9,16H,10H2/b14-9+. The van der Waals surface area contributed by atoms with Crippen LogP contribution in [0.2, 0.25) is 0 Å². The zero-order chi connectivity index (χ0) is 11.2. The van der Waals surface area contributed by atoms with E-state index in [1.165, 1.54) is 0 Å². The number of phenolic OH excluding ortho intramolecular Hbond substituents is 1. The normalized spacial score (nSPS) is 10.8. The highest BCUT2D eigenvalue weighted by atomic mass is 16.3. The summed E-state index contributed by atoms with van der Waals surface area (Å²) in [5, 5.41) is 9.50. The summed E-state index contributed by atoms with van der Waals surface area (Å²) in [5.74, 6) is 0.243.